The Labute approximate surface area is 103 Å². The van der Waals surface area contributed by atoms with Crippen LogP contribution in [-0.4, -0.2) is 46.3 Å². The van der Waals surface area contributed by atoms with Gasteiger partial charge in [0.2, 0.25) is 11.7 Å². The zero-order valence-electron chi connectivity index (χ0n) is 9.87. The van der Waals surface area contributed by atoms with Crippen LogP contribution in [0.25, 0.3) is 0 Å². The van der Waals surface area contributed by atoms with Crippen molar-refractivity contribution in [3.8, 4) is 0 Å². The van der Waals surface area contributed by atoms with Crippen molar-refractivity contribution in [1.82, 2.24) is 15.1 Å². The molecule has 0 bridgehead atoms. The van der Waals surface area contributed by atoms with Crippen LogP contribution in [0, 0.1) is 10.1 Å². The van der Waals surface area contributed by atoms with E-state index in [0.29, 0.717) is 19.6 Å². The van der Waals surface area contributed by atoms with Gasteiger partial charge in [-0.1, -0.05) is 0 Å². The van der Waals surface area contributed by atoms with Gasteiger partial charge in [-0.2, -0.15) is 0 Å². The fourth-order valence-corrected chi connectivity index (χ4v) is 2.01. The minimum atomic E-state index is -0.618. The van der Waals surface area contributed by atoms with Crippen LogP contribution in [0.15, 0.2) is 6.20 Å². The maximum atomic E-state index is 11.4. The van der Waals surface area contributed by atoms with E-state index in [1.807, 2.05) is 0 Å². The van der Waals surface area contributed by atoms with Gasteiger partial charge in [0.1, 0.15) is 12.2 Å². The van der Waals surface area contributed by atoms with E-state index < -0.39 is 16.9 Å². The van der Waals surface area contributed by atoms with Crippen LogP contribution in [0.2, 0.25) is 0 Å². The number of amides is 1. The third-order valence-electron chi connectivity index (χ3n) is 2.83. The van der Waals surface area contributed by atoms with Gasteiger partial charge in [-0.05, 0) is 0 Å². The quantitative estimate of drug-likeness (QED) is 0.505. The number of rotatable bonds is 3. The second kappa shape index (κ2) is 4.61. The first-order valence-corrected chi connectivity index (χ1v) is 5.45. The highest BCUT2D eigenvalue weighted by molar-refractivity contribution is 5.84. The molecule has 98 valence electrons. The second-order valence-electron chi connectivity index (χ2n) is 4.08. The number of aryl methyl sites for hydroxylation is 1. The van der Waals surface area contributed by atoms with Crippen molar-refractivity contribution >= 4 is 17.4 Å². The largest absolute Gasteiger partial charge is 0.368 e. The molecule has 1 aromatic heterocycles. The number of primary amides is 1. The van der Waals surface area contributed by atoms with Gasteiger partial charge in [0.25, 0.3) is 0 Å². The molecule has 1 aliphatic heterocycles. The Balaban J connectivity index is 2.39. The number of nitrogens with one attached hydrogen (secondary N) is 1. The van der Waals surface area contributed by atoms with Crippen molar-refractivity contribution in [3.63, 3.8) is 0 Å². The molecule has 2 heterocycles. The topological polar surface area (TPSA) is 119 Å². The Bertz CT molecular complexity index is 485. The van der Waals surface area contributed by atoms with E-state index in [-0.39, 0.29) is 11.5 Å². The second-order valence-corrected chi connectivity index (χ2v) is 4.08. The molecule has 9 heteroatoms. The van der Waals surface area contributed by atoms with Gasteiger partial charge in [-0.15, -0.1) is 5.10 Å². The lowest BCUT2D eigenvalue weighted by Crippen LogP contribution is -2.57. The molecule has 0 radical (unpaired) electrons. The van der Waals surface area contributed by atoms with Gasteiger partial charge in [0.05, 0.1) is 4.92 Å². The molecule has 3 N–H and O–H groups in total. The van der Waals surface area contributed by atoms with Crippen LogP contribution in [0.3, 0.4) is 0 Å². The van der Waals surface area contributed by atoms with Crippen molar-refractivity contribution in [3.05, 3.63) is 16.3 Å². The van der Waals surface area contributed by atoms with Crippen molar-refractivity contribution in [1.29, 1.82) is 0 Å². The normalized spacial score (nSPS) is 19.8. The molecule has 1 saturated heterocycles. The number of nitrogens with zero attached hydrogens (tertiary/aromatic N) is 4. The Hall–Kier alpha value is -2.16. The number of hydrogen-bond acceptors (Lipinski definition) is 6. The maximum absolute atomic E-state index is 11.4. The van der Waals surface area contributed by atoms with E-state index >= 15 is 0 Å². The Morgan fingerprint density at radius 2 is 2.44 bits per heavy atom. The zero-order chi connectivity index (χ0) is 13.3. The summed E-state index contributed by atoms with van der Waals surface area (Å²) in [5.74, 6) is -0.338. The molecule has 1 fully saturated rings. The van der Waals surface area contributed by atoms with Crippen LogP contribution in [0.5, 0.6) is 0 Å². The van der Waals surface area contributed by atoms with Gasteiger partial charge in [0.15, 0.2) is 0 Å². The number of aromatic nitrogens is 2. The van der Waals surface area contributed by atoms with Crippen LogP contribution >= 0.6 is 0 Å². The van der Waals surface area contributed by atoms with Gasteiger partial charge >= 0.3 is 5.69 Å². The molecule has 0 aromatic carbocycles. The van der Waals surface area contributed by atoms with Gasteiger partial charge in [-0.3, -0.25) is 19.6 Å². The first-order chi connectivity index (χ1) is 8.50. The third kappa shape index (κ3) is 2.12. The summed E-state index contributed by atoms with van der Waals surface area (Å²) in [6.07, 6.45) is 1.31. The number of piperazine rings is 1. The predicted octanol–water partition coefficient (Wildman–Crippen LogP) is -1.41. The Kier molecular flexibility index (Phi) is 3.15. The standard InChI is InChI=1S/C9H14N6O3/c1-13-5-7(15(17)18)9(12-13)14-3-2-11-4-6(14)8(10)16/h5-6,11H,2-4H2,1H3,(H2,10,16). The van der Waals surface area contributed by atoms with E-state index in [4.69, 9.17) is 5.73 Å². The lowest BCUT2D eigenvalue weighted by Gasteiger charge is -2.33. The van der Waals surface area contributed by atoms with Gasteiger partial charge < -0.3 is 16.0 Å². The van der Waals surface area contributed by atoms with Gasteiger partial charge in [0, 0.05) is 26.7 Å². The van der Waals surface area contributed by atoms with E-state index in [2.05, 4.69) is 10.4 Å². The molecule has 1 amide bonds. The van der Waals surface area contributed by atoms with E-state index in [1.54, 1.807) is 11.9 Å². The minimum absolute atomic E-state index is 0.120. The summed E-state index contributed by atoms with van der Waals surface area (Å²) in [5.41, 5.74) is 5.18. The lowest BCUT2D eigenvalue weighted by molar-refractivity contribution is -0.384. The number of anilines is 1. The average Bonchev–Trinajstić information content (AvgIpc) is 2.71. The average molecular weight is 254 g/mol. The summed E-state index contributed by atoms with van der Waals surface area (Å²) < 4.78 is 1.35. The van der Waals surface area contributed by atoms with Crippen LogP contribution < -0.4 is 16.0 Å². The van der Waals surface area contributed by atoms with Gasteiger partial charge in [-0.25, -0.2) is 0 Å². The van der Waals surface area contributed by atoms with E-state index in [0.717, 1.165) is 0 Å². The summed E-state index contributed by atoms with van der Waals surface area (Å²) in [5, 5.41) is 18.0. The molecule has 1 aliphatic rings. The predicted molar refractivity (Wildman–Crippen MR) is 63.1 cm³/mol. The molecule has 1 aromatic rings. The third-order valence-corrected chi connectivity index (χ3v) is 2.83. The number of carbonyl (C=O) groups excluding carboxylic acids is 1. The minimum Gasteiger partial charge on any atom is -0.368 e. The number of nitrogens with two attached hydrogens (primary N) is 1. The smallest absolute Gasteiger partial charge is 0.330 e. The van der Waals surface area contributed by atoms with Crippen molar-refractivity contribution in [2.45, 2.75) is 6.04 Å². The fourth-order valence-electron chi connectivity index (χ4n) is 2.01. The number of carbonyl (C=O) groups is 1. The molecular weight excluding hydrogens is 240 g/mol. The summed E-state index contributed by atoms with van der Waals surface area (Å²) in [4.78, 5) is 23.4. The first-order valence-electron chi connectivity index (χ1n) is 5.45. The first kappa shape index (κ1) is 12.3. The SMILES string of the molecule is Cn1cc([N+](=O)[O-])c(N2CCNCC2C(N)=O)n1. The summed E-state index contributed by atoms with van der Waals surface area (Å²) in [6, 6.07) is -0.618. The molecule has 0 spiro atoms. The summed E-state index contributed by atoms with van der Waals surface area (Å²) in [6.45, 7) is 1.44. The molecule has 9 nitrogen and oxygen atoms in total. The van der Waals surface area contributed by atoms with Crippen molar-refractivity contribution in [2.24, 2.45) is 12.8 Å². The van der Waals surface area contributed by atoms with Crippen LogP contribution in [0.4, 0.5) is 11.5 Å². The van der Waals surface area contributed by atoms with E-state index in [9.17, 15) is 14.9 Å². The monoisotopic (exact) mass is 254 g/mol. The van der Waals surface area contributed by atoms with E-state index in [1.165, 1.54) is 10.9 Å². The highest BCUT2D eigenvalue weighted by Gasteiger charge is 2.33. The molecular formula is C9H14N6O3. The van der Waals surface area contributed by atoms with Crippen LogP contribution in [0.1, 0.15) is 0 Å². The number of nitro groups is 1. The molecule has 0 saturated carbocycles. The molecule has 2 rings (SSSR count). The highest BCUT2D eigenvalue weighted by Crippen LogP contribution is 2.27. The Morgan fingerprint density at radius 1 is 1.72 bits per heavy atom. The van der Waals surface area contributed by atoms with Crippen molar-refractivity contribution < 1.29 is 9.72 Å². The summed E-state index contributed by atoms with van der Waals surface area (Å²) in [7, 11) is 1.60. The van der Waals surface area contributed by atoms with Crippen molar-refractivity contribution in [2.75, 3.05) is 24.5 Å². The highest BCUT2D eigenvalue weighted by atomic mass is 16.6. The molecule has 1 unspecified atom stereocenters. The molecule has 0 aliphatic carbocycles. The van der Waals surface area contributed by atoms with Crippen LogP contribution in [-0.2, 0) is 11.8 Å². The number of hydrogen-bond donors (Lipinski definition) is 2. The molecule has 1 atom stereocenters. The Morgan fingerprint density at radius 3 is 3.06 bits per heavy atom. The summed E-state index contributed by atoms with van der Waals surface area (Å²) >= 11 is 0. The lowest BCUT2D eigenvalue weighted by atomic mass is 10.2. The maximum Gasteiger partial charge on any atom is 0.330 e. The molecule has 18 heavy (non-hydrogen) atoms. The fraction of sp³-hybridized carbons (Fsp3) is 0.556. The zero-order valence-corrected chi connectivity index (χ0v) is 9.87.